The Kier molecular flexibility index (Phi) is 4.44. The van der Waals surface area contributed by atoms with Gasteiger partial charge in [0.15, 0.2) is 0 Å². The smallest absolute Gasteiger partial charge is 0.303 e. The Labute approximate surface area is 125 Å². The van der Waals surface area contributed by atoms with Crippen molar-refractivity contribution in [1.29, 1.82) is 0 Å². The highest BCUT2D eigenvalue weighted by atomic mass is 79.9. The summed E-state index contributed by atoms with van der Waals surface area (Å²) in [5, 5.41) is 13.1. The van der Waals surface area contributed by atoms with Gasteiger partial charge in [0, 0.05) is 19.0 Å². The molecule has 0 bridgehead atoms. The summed E-state index contributed by atoms with van der Waals surface area (Å²) in [4.78, 5) is 10.7. The van der Waals surface area contributed by atoms with Crippen molar-refractivity contribution in [3.05, 3.63) is 34.4 Å². The van der Waals surface area contributed by atoms with Crippen molar-refractivity contribution in [2.24, 2.45) is 7.05 Å². The van der Waals surface area contributed by atoms with Crippen molar-refractivity contribution in [2.45, 2.75) is 12.8 Å². The third kappa shape index (κ3) is 3.01. The van der Waals surface area contributed by atoms with Gasteiger partial charge in [-0.3, -0.25) is 9.48 Å². The minimum Gasteiger partial charge on any atom is -0.497 e. The van der Waals surface area contributed by atoms with Crippen LogP contribution in [0.15, 0.2) is 28.7 Å². The summed E-state index contributed by atoms with van der Waals surface area (Å²) in [5.41, 5.74) is 2.67. The minimum absolute atomic E-state index is 0.0671. The van der Waals surface area contributed by atoms with Crippen LogP contribution in [0.5, 0.6) is 5.75 Å². The molecular weight excluding hydrogens is 324 g/mol. The van der Waals surface area contributed by atoms with Crippen LogP contribution >= 0.6 is 15.9 Å². The first-order valence-corrected chi connectivity index (χ1v) is 6.89. The Morgan fingerprint density at radius 3 is 2.60 bits per heavy atom. The highest BCUT2D eigenvalue weighted by Gasteiger charge is 2.16. The molecule has 2 rings (SSSR count). The summed E-state index contributed by atoms with van der Waals surface area (Å²) in [7, 11) is 3.47. The lowest BCUT2D eigenvalue weighted by molar-refractivity contribution is -0.136. The van der Waals surface area contributed by atoms with E-state index >= 15 is 0 Å². The molecule has 1 aromatic heterocycles. The van der Waals surface area contributed by atoms with Crippen LogP contribution in [0.25, 0.3) is 11.3 Å². The number of carboxylic acid groups (broad SMARTS) is 1. The van der Waals surface area contributed by atoms with E-state index in [0.717, 1.165) is 27.2 Å². The van der Waals surface area contributed by atoms with Crippen molar-refractivity contribution in [3.63, 3.8) is 0 Å². The minimum atomic E-state index is -0.825. The SMILES string of the molecule is COc1ccc(-c2c(Br)c(CCC(=O)O)nn2C)cc1. The second-order valence-corrected chi connectivity index (χ2v) is 5.15. The molecule has 0 amide bonds. The van der Waals surface area contributed by atoms with Crippen molar-refractivity contribution in [2.75, 3.05) is 7.11 Å². The van der Waals surface area contributed by atoms with Crippen LogP contribution in [0.2, 0.25) is 0 Å². The highest BCUT2D eigenvalue weighted by molar-refractivity contribution is 9.10. The number of aromatic nitrogens is 2. The summed E-state index contributed by atoms with van der Waals surface area (Å²) in [6.07, 6.45) is 0.470. The lowest BCUT2D eigenvalue weighted by Gasteiger charge is -2.04. The number of rotatable bonds is 5. The molecule has 0 unspecified atom stereocenters. The maximum Gasteiger partial charge on any atom is 0.303 e. The molecule has 106 valence electrons. The quantitative estimate of drug-likeness (QED) is 0.910. The number of aryl methyl sites for hydroxylation is 2. The number of methoxy groups -OCH3 is 1. The van der Waals surface area contributed by atoms with Gasteiger partial charge in [-0.25, -0.2) is 0 Å². The zero-order valence-electron chi connectivity index (χ0n) is 11.3. The van der Waals surface area contributed by atoms with E-state index in [2.05, 4.69) is 21.0 Å². The zero-order valence-corrected chi connectivity index (χ0v) is 12.8. The summed E-state index contributed by atoms with van der Waals surface area (Å²) in [6, 6.07) is 7.65. The van der Waals surface area contributed by atoms with Gasteiger partial charge in [0.2, 0.25) is 0 Å². The number of halogens is 1. The third-order valence-corrected chi connectivity index (χ3v) is 3.83. The Hall–Kier alpha value is -1.82. The fourth-order valence-electron chi connectivity index (χ4n) is 2.00. The normalized spacial score (nSPS) is 10.6. The molecule has 0 spiro atoms. The first kappa shape index (κ1) is 14.6. The molecular formula is C14H15BrN2O3. The summed E-state index contributed by atoms with van der Waals surface area (Å²) < 4.78 is 7.73. The van der Waals surface area contributed by atoms with E-state index in [1.54, 1.807) is 11.8 Å². The van der Waals surface area contributed by atoms with Crippen LogP contribution in [-0.2, 0) is 18.3 Å². The molecule has 2 aromatic rings. The maximum atomic E-state index is 10.7. The van der Waals surface area contributed by atoms with Gasteiger partial charge in [-0.1, -0.05) is 0 Å². The van der Waals surface area contributed by atoms with Gasteiger partial charge in [-0.2, -0.15) is 5.10 Å². The molecule has 1 heterocycles. The molecule has 1 N–H and O–H groups in total. The number of carbonyl (C=O) groups is 1. The molecule has 0 saturated heterocycles. The standard InChI is InChI=1S/C14H15BrN2O3/c1-17-14(9-3-5-10(20-2)6-4-9)13(15)11(16-17)7-8-12(18)19/h3-6H,7-8H2,1-2H3,(H,18,19). The van der Waals surface area contributed by atoms with Gasteiger partial charge in [0.05, 0.1) is 29.4 Å². The van der Waals surface area contributed by atoms with Gasteiger partial charge >= 0.3 is 5.97 Å². The van der Waals surface area contributed by atoms with E-state index in [4.69, 9.17) is 9.84 Å². The number of hydrogen-bond donors (Lipinski definition) is 1. The molecule has 6 heteroatoms. The molecule has 20 heavy (non-hydrogen) atoms. The number of carboxylic acids is 1. The Morgan fingerprint density at radius 1 is 1.40 bits per heavy atom. The second kappa shape index (κ2) is 6.09. The Balaban J connectivity index is 2.33. The van der Waals surface area contributed by atoms with Gasteiger partial charge < -0.3 is 9.84 Å². The van der Waals surface area contributed by atoms with Crippen LogP contribution in [0.4, 0.5) is 0 Å². The number of nitrogens with zero attached hydrogens (tertiary/aromatic N) is 2. The number of aliphatic carboxylic acids is 1. The largest absolute Gasteiger partial charge is 0.497 e. The molecule has 0 fully saturated rings. The average Bonchev–Trinajstić information content (AvgIpc) is 2.71. The number of hydrogen-bond acceptors (Lipinski definition) is 3. The average molecular weight is 339 g/mol. The predicted octanol–water partition coefficient (Wildman–Crippen LogP) is 2.88. The first-order valence-electron chi connectivity index (χ1n) is 6.10. The van der Waals surface area contributed by atoms with Crippen LogP contribution in [0.1, 0.15) is 12.1 Å². The molecule has 0 saturated carbocycles. The van der Waals surface area contributed by atoms with E-state index in [-0.39, 0.29) is 6.42 Å². The van der Waals surface area contributed by atoms with Gasteiger partial charge in [0.1, 0.15) is 5.75 Å². The molecule has 5 nitrogen and oxygen atoms in total. The van der Waals surface area contributed by atoms with E-state index < -0.39 is 5.97 Å². The van der Waals surface area contributed by atoms with Crippen molar-refractivity contribution in [3.8, 4) is 17.0 Å². The fraction of sp³-hybridized carbons (Fsp3) is 0.286. The Bertz CT molecular complexity index is 620. The first-order chi connectivity index (χ1) is 9.52. The molecule has 0 aliphatic carbocycles. The highest BCUT2D eigenvalue weighted by Crippen LogP contribution is 2.32. The lowest BCUT2D eigenvalue weighted by atomic mass is 10.1. The van der Waals surface area contributed by atoms with Crippen LogP contribution in [0, 0.1) is 0 Å². The third-order valence-electron chi connectivity index (χ3n) is 2.99. The zero-order chi connectivity index (χ0) is 14.7. The van der Waals surface area contributed by atoms with Gasteiger partial charge in [-0.05, 0) is 40.2 Å². The van der Waals surface area contributed by atoms with Crippen molar-refractivity contribution < 1.29 is 14.6 Å². The summed E-state index contributed by atoms with van der Waals surface area (Å²) >= 11 is 3.52. The van der Waals surface area contributed by atoms with E-state index in [1.165, 1.54) is 0 Å². The predicted molar refractivity (Wildman–Crippen MR) is 78.9 cm³/mol. The monoisotopic (exact) mass is 338 g/mol. The number of ether oxygens (including phenoxy) is 1. The Morgan fingerprint density at radius 2 is 2.05 bits per heavy atom. The topological polar surface area (TPSA) is 64.3 Å². The van der Waals surface area contributed by atoms with Crippen molar-refractivity contribution in [1.82, 2.24) is 9.78 Å². The molecule has 0 aliphatic rings. The van der Waals surface area contributed by atoms with Crippen LogP contribution in [-0.4, -0.2) is 28.0 Å². The number of benzene rings is 1. The maximum absolute atomic E-state index is 10.7. The molecule has 0 atom stereocenters. The second-order valence-electron chi connectivity index (χ2n) is 4.36. The van der Waals surface area contributed by atoms with Gasteiger partial charge in [-0.15, -0.1) is 0 Å². The fourth-order valence-corrected chi connectivity index (χ4v) is 2.76. The molecule has 1 aromatic carbocycles. The summed E-state index contributed by atoms with van der Waals surface area (Å²) in [5.74, 6) is -0.0355. The van der Waals surface area contributed by atoms with E-state index in [9.17, 15) is 4.79 Å². The van der Waals surface area contributed by atoms with Crippen LogP contribution in [0.3, 0.4) is 0 Å². The van der Waals surface area contributed by atoms with Gasteiger partial charge in [0.25, 0.3) is 0 Å². The summed E-state index contributed by atoms with van der Waals surface area (Å²) in [6.45, 7) is 0. The van der Waals surface area contributed by atoms with Crippen molar-refractivity contribution >= 4 is 21.9 Å². The lowest BCUT2D eigenvalue weighted by Crippen LogP contribution is -1.99. The van der Waals surface area contributed by atoms with Crippen LogP contribution < -0.4 is 4.74 Å². The molecule has 0 radical (unpaired) electrons. The van der Waals surface area contributed by atoms with E-state index in [1.807, 2.05) is 31.3 Å². The molecule has 0 aliphatic heterocycles. The van der Waals surface area contributed by atoms with E-state index in [0.29, 0.717) is 6.42 Å².